The van der Waals surface area contributed by atoms with Gasteiger partial charge in [0.15, 0.2) is 11.5 Å². The lowest BCUT2D eigenvalue weighted by atomic mass is 10.1. The maximum absolute atomic E-state index is 12.8. The highest BCUT2D eigenvalue weighted by Crippen LogP contribution is 2.28. The number of amides is 1. The zero-order valence-electron chi connectivity index (χ0n) is 20.8. The van der Waals surface area contributed by atoms with Gasteiger partial charge in [-0.15, -0.1) is 0 Å². The summed E-state index contributed by atoms with van der Waals surface area (Å²) in [6.45, 7) is 2.22. The van der Waals surface area contributed by atoms with Crippen LogP contribution in [0.4, 0.5) is 0 Å². The van der Waals surface area contributed by atoms with Crippen molar-refractivity contribution in [3.05, 3.63) is 124 Å². The monoisotopic (exact) mass is 528 g/mol. The van der Waals surface area contributed by atoms with Gasteiger partial charge in [0.05, 0.1) is 24.5 Å². The van der Waals surface area contributed by atoms with E-state index >= 15 is 0 Å². The molecule has 1 amide bonds. The van der Waals surface area contributed by atoms with Crippen LogP contribution >= 0.6 is 11.6 Å². The second-order valence-corrected chi connectivity index (χ2v) is 8.71. The number of carbonyl (C=O) groups excluding carboxylic acids is 2. The van der Waals surface area contributed by atoms with E-state index in [0.717, 1.165) is 11.1 Å². The standard InChI is InChI=1S/C30H25ClN2O5/c1-20-7-12-23(13-8-20)30(35)38-27-16-11-22(17-28(27)36-2)18-32-33-29(34)25-5-3-4-6-26(25)37-19-21-9-14-24(31)15-10-21/h3-18H,19H2,1-2H3,(H,33,34)/b32-18+. The van der Waals surface area contributed by atoms with Gasteiger partial charge in [0.1, 0.15) is 12.4 Å². The van der Waals surface area contributed by atoms with E-state index in [4.69, 9.17) is 25.8 Å². The van der Waals surface area contributed by atoms with E-state index in [1.54, 1.807) is 66.7 Å². The summed E-state index contributed by atoms with van der Waals surface area (Å²) in [5.41, 5.74) is 5.88. The highest BCUT2D eigenvalue weighted by molar-refractivity contribution is 6.30. The molecule has 0 spiro atoms. The number of benzene rings is 4. The average molecular weight is 529 g/mol. The number of esters is 1. The summed E-state index contributed by atoms with van der Waals surface area (Å²) in [5.74, 6) is 0.127. The number of nitrogens with zero attached hydrogens (tertiary/aromatic N) is 1. The molecule has 7 nitrogen and oxygen atoms in total. The van der Waals surface area contributed by atoms with E-state index in [0.29, 0.717) is 33.2 Å². The molecule has 0 fully saturated rings. The topological polar surface area (TPSA) is 86.2 Å². The van der Waals surface area contributed by atoms with E-state index in [1.165, 1.54) is 13.3 Å². The fourth-order valence-corrected chi connectivity index (χ4v) is 3.57. The molecular weight excluding hydrogens is 504 g/mol. The third-order valence-corrected chi connectivity index (χ3v) is 5.75. The number of nitrogens with one attached hydrogen (secondary N) is 1. The lowest BCUT2D eigenvalue weighted by Gasteiger charge is -2.11. The first-order valence-electron chi connectivity index (χ1n) is 11.7. The van der Waals surface area contributed by atoms with Crippen LogP contribution in [0.2, 0.25) is 5.02 Å². The molecule has 1 N–H and O–H groups in total. The molecule has 0 aliphatic carbocycles. The minimum atomic E-state index is -0.492. The first-order valence-corrected chi connectivity index (χ1v) is 12.1. The number of halogens is 1. The molecule has 4 rings (SSSR count). The largest absolute Gasteiger partial charge is 0.493 e. The molecule has 8 heteroatoms. The van der Waals surface area contributed by atoms with Crippen LogP contribution in [0.5, 0.6) is 17.2 Å². The molecule has 0 unspecified atom stereocenters. The Labute approximate surface area is 225 Å². The number of hydrogen-bond acceptors (Lipinski definition) is 6. The number of methoxy groups -OCH3 is 1. The Kier molecular flexibility index (Phi) is 8.74. The molecule has 4 aromatic carbocycles. The van der Waals surface area contributed by atoms with Crippen molar-refractivity contribution in [3.63, 3.8) is 0 Å². The van der Waals surface area contributed by atoms with Crippen molar-refractivity contribution in [1.82, 2.24) is 5.43 Å². The normalized spacial score (nSPS) is 10.7. The molecule has 0 aliphatic rings. The number of hydrazone groups is 1. The van der Waals surface area contributed by atoms with Crippen LogP contribution in [-0.4, -0.2) is 25.2 Å². The summed E-state index contributed by atoms with van der Waals surface area (Å²) in [6, 6.07) is 26.2. The predicted molar refractivity (Wildman–Crippen MR) is 146 cm³/mol. The van der Waals surface area contributed by atoms with Crippen molar-refractivity contribution in [2.24, 2.45) is 5.10 Å². The maximum atomic E-state index is 12.8. The lowest BCUT2D eigenvalue weighted by Crippen LogP contribution is -2.18. The molecule has 0 bridgehead atoms. The van der Waals surface area contributed by atoms with Crippen LogP contribution in [0.15, 0.2) is 96.1 Å². The summed E-state index contributed by atoms with van der Waals surface area (Å²) >= 11 is 5.93. The first kappa shape index (κ1) is 26.4. The van der Waals surface area contributed by atoms with Crippen LogP contribution in [0.25, 0.3) is 0 Å². The number of rotatable bonds is 9. The highest BCUT2D eigenvalue weighted by atomic mass is 35.5. The SMILES string of the molecule is COc1cc(/C=N/NC(=O)c2ccccc2OCc2ccc(Cl)cc2)ccc1OC(=O)c1ccc(C)cc1. The number of carbonyl (C=O) groups is 2. The molecule has 0 aliphatic heterocycles. The number of aryl methyl sites for hydroxylation is 1. The summed E-state index contributed by atoms with van der Waals surface area (Å²) in [6.07, 6.45) is 1.46. The zero-order valence-corrected chi connectivity index (χ0v) is 21.6. The first-order chi connectivity index (χ1) is 18.4. The Morgan fingerprint density at radius 3 is 2.37 bits per heavy atom. The van der Waals surface area contributed by atoms with Crippen molar-refractivity contribution in [1.29, 1.82) is 0 Å². The average Bonchev–Trinajstić information content (AvgIpc) is 2.94. The van der Waals surface area contributed by atoms with Crippen LogP contribution in [0.3, 0.4) is 0 Å². The predicted octanol–water partition coefficient (Wildman–Crippen LogP) is 6.22. The van der Waals surface area contributed by atoms with Crippen molar-refractivity contribution in [2.75, 3.05) is 7.11 Å². The molecule has 0 atom stereocenters. The second-order valence-electron chi connectivity index (χ2n) is 8.28. The van der Waals surface area contributed by atoms with Gasteiger partial charge in [0.25, 0.3) is 5.91 Å². The van der Waals surface area contributed by atoms with Gasteiger partial charge in [-0.3, -0.25) is 4.79 Å². The fraction of sp³-hybridized carbons (Fsp3) is 0.100. The van der Waals surface area contributed by atoms with Gasteiger partial charge in [-0.25, -0.2) is 10.2 Å². The van der Waals surface area contributed by atoms with Gasteiger partial charge in [-0.1, -0.05) is 53.6 Å². The van der Waals surface area contributed by atoms with Crippen LogP contribution < -0.4 is 19.6 Å². The van der Waals surface area contributed by atoms with Crippen LogP contribution in [0, 0.1) is 6.92 Å². The summed E-state index contributed by atoms with van der Waals surface area (Å²) < 4.78 is 16.7. The highest BCUT2D eigenvalue weighted by Gasteiger charge is 2.14. The molecule has 38 heavy (non-hydrogen) atoms. The Balaban J connectivity index is 1.39. The Morgan fingerprint density at radius 2 is 1.63 bits per heavy atom. The summed E-state index contributed by atoms with van der Waals surface area (Å²) in [5, 5.41) is 4.69. The van der Waals surface area contributed by atoms with Crippen molar-refractivity contribution in [3.8, 4) is 17.2 Å². The Morgan fingerprint density at radius 1 is 0.895 bits per heavy atom. The Bertz CT molecular complexity index is 1450. The quantitative estimate of drug-likeness (QED) is 0.121. The lowest BCUT2D eigenvalue weighted by molar-refractivity contribution is 0.0729. The van der Waals surface area contributed by atoms with Crippen LogP contribution in [0.1, 0.15) is 37.4 Å². The van der Waals surface area contributed by atoms with E-state index < -0.39 is 11.9 Å². The summed E-state index contributed by atoms with van der Waals surface area (Å²) in [7, 11) is 1.47. The van der Waals surface area contributed by atoms with Crippen LogP contribution in [-0.2, 0) is 6.61 Å². The number of ether oxygens (including phenoxy) is 3. The van der Waals surface area contributed by atoms with Crippen molar-refractivity contribution < 1.29 is 23.8 Å². The molecule has 192 valence electrons. The minimum Gasteiger partial charge on any atom is -0.493 e. The van der Waals surface area contributed by atoms with Gasteiger partial charge in [-0.05, 0) is 72.6 Å². The van der Waals surface area contributed by atoms with Gasteiger partial charge < -0.3 is 14.2 Å². The van der Waals surface area contributed by atoms with Crippen molar-refractivity contribution >= 4 is 29.7 Å². The Hall–Kier alpha value is -4.62. The van der Waals surface area contributed by atoms with E-state index in [2.05, 4.69) is 10.5 Å². The third-order valence-electron chi connectivity index (χ3n) is 5.50. The van der Waals surface area contributed by atoms with Crippen molar-refractivity contribution in [2.45, 2.75) is 13.5 Å². The third kappa shape index (κ3) is 6.99. The fourth-order valence-electron chi connectivity index (χ4n) is 3.44. The van der Waals surface area contributed by atoms with Gasteiger partial charge in [0.2, 0.25) is 0 Å². The molecular formula is C30H25ClN2O5. The van der Waals surface area contributed by atoms with Gasteiger partial charge in [-0.2, -0.15) is 5.10 Å². The number of para-hydroxylation sites is 1. The molecule has 4 aromatic rings. The molecule has 0 aromatic heterocycles. The minimum absolute atomic E-state index is 0.269. The molecule has 0 heterocycles. The van der Waals surface area contributed by atoms with E-state index in [1.807, 2.05) is 31.2 Å². The molecule has 0 radical (unpaired) electrons. The zero-order chi connectivity index (χ0) is 26.9. The van der Waals surface area contributed by atoms with Gasteiger partial charge >= 0.3 is 5.97 Å². The van der Waals surface area contributed by atoms with E-state index in [9.17, 15) is 9.59 Å². The summed E-state index contributed by atoms with van der Waals surface area (Å²) in [4.78, 5) is 25.2. The smallest absolute Gasteiger partial charge is 0.343 e. The van der Waals surface area contributed by atoms with E-state index in [-0.39, 0.29) is 12.4 Å². The maximum Gasteiger partial charge on any atom is 0.343 e. The second kappa shape index (κ2) is 12.6. The van der Waals surface area contributed by atoms with Gasteiger partial charge in [0, 0.05) is 5.02 Å². The molecule has 0 saturated heterocycles. The molecule has 0 saturated carbocycles. The number of hydrogen-bond donors (Lipinski definition) is 1.